The number of amides is 1. The molecule has 94 valence electrons. The van der Waals surface area contributed by atoms with Crippen LogP contribution in [0.25, 0.3) is 10.9 Å². The first-order valence-electron chi connectivity index (χ1n) is 5.89. The Morgan fingerprint density at radius 3 is 2.94 bits per heavy atom. The number of para-hydroxylation sites is 1. The first kappa shape index (κ1) is 12.2. The van der Waals surface area contributed by atoms with Gasteiger partial charge in [-0.2, -0.15) is 0 Å². The molecule has 0 radical (unpaired) electrons. The molecule has 0 aliphatic carbocycles. The molecule has 2 rings (SSSR count). The van der Waals surface area contributed by atoms with Gasteiger partial charge in [0.1, 0.15) is 5.69 Å². The minimum absolute atomic E-state index is 0.153. The largest absolute Gasteiger partial charge is 0.370 e. The summed E-state index contributed by atoms with van der Waals surface area (Å²) in [6, 6.07) is 9.49. The minimum atomic E-state index is -0.274. The predicted octanol–water partition coefficient (Wildman–Crippen LogP) is 1.62. The van der Waals surface area contributed by atoms with E-state index in [1.54, 1.807) is 6.07 Å². The summed E-state index contributed by atoms with van der Waals surface area (Å²) < 4.78 is 0. The fourth-order valence-electron chi connectivity index (χ4n) is 1.65. The number of carbonyl (C=O) groups excluding carboxylic acids is 1. The van der Waals surface area contributed by atoms with Crippen LogP contribution in [-0.2, 0) is 0 Å². The predicted molar refractivity (Wildman–Crippen MR) is 72.5 cm³/mol. The zero-order valence-corrected chi connectivity index (χ0v) is 10.2. The summed E-state index contributed by atoms with van der Waals surface area (Å²) in [5, 5.41) is 3.54. The first-order valence-corrected chi connectivity index (χ1v) is 5.89. The Balaban J connectivity index is 2.13. The Kier molecular flexibility index (Phi) is 3.62. The van der Waals surface area contributed by atoms with Crippen molar-refractivity contribution >= 4 is 22.8 Å². The molecule has 1 aromatic heterocycles. The second-order valence-corrected chi connectivity index (χ2v) is 3.99. The smallest absolute Gasteiger partial charge is 0.274 e. The second kappa shape index (κ2) is 5.35. The topological polar surface area (TPSA) is 83.3 Å². The van der Waals surface area contributed by atoms with E-state index in [4.69, 9.17) is 5.73 Å². The van der Waals surface area contributed by atoms with Gasteiger partial charge in [0, 0.05) is 17.4 Å². The molecule has 18 heavy (non-hydrogen) atoms. The zero-order valence-electron chi connectivity index (χ0n) is 10.2. The third-order valence-corrected chi connectivity index (χ3v) is 2.52. The van der Waals surface area contributed by atoms with Crippen LogP contribution in [0.5, 0.6) is 0 Å². The summed E-state index contributed by atoms with van der Waals surface area (Å²) in [7, 11) is 0. The maximum atomic E-state index is 11.9. The fraction of sp³-hybridized carbons (Fsp3) is 0.231. The van der Waals surface area contributed by atoms with Crippen LogP contribution in [0.2, 0.25) is 0 Å². The fourth-order valence-corrected chi connectivity index (χ4v) is 1.65. The number of guanidine groups is 1. The van der Waals surface area contributed by atoms with E-state index in [1.165, 1.54) is 0 Å². The average Bonchev–Trinajstić information content (AvgIpc) is 2.80. The number of aromatic amines is 1. The van der Waals surface area contributed by atoms with Crippen molar-refractivity contribution < 1.29 is 4.79 Å². The van der Waals surface area contributed by atoms with Crippen LogP contribution in [0.15, 0.2) is 35.3 Å². The first-order chi connectivity index (χ1) is 8.70. The molecule has 2 aromatic rings. The lowest BCUT2D eigenvalue weighted by molar-refractivity contribution is 0.0972. The van der Waals surface area contributed by atoms with Crippen molar-refractivity contribution in [1.29, 1.82) is 0 Å². The summed E-state index contributed by atoms with van der Waals surface area (Å²) in [6.07, 6.45) is 0.892. The number of aromatic nitrogens is 1. The summed E-state index contributed by atoms with van der Waals surface area (Å²) in [5.41, 5.74) is 7.00. The van der Waals surface area contributed by atoms with Crippen molar-refractivity contribution in [2.24, 2.45) is 10.7 Å². The summed E-state index contributed by atoms with van der Waals surface area (Å²) in [4.78, 5) is 18.9. The molecule has 0 atom stereocenters. The van der Waals surface area contributed by atoms with Gasteiger partial charge in [-0.15, -0.1) is 0 Å². The number of nitrogens with zero attached hydrogens (tertiary/aromatic N) is 1. The normalized spacial score (nSPS) is 11.7. The highest BCUT2D eigenvalue weighted by Gasteiger charge is 2.09. The number of H-pyrrole nitrogens is 1. The number of nitrogens with two attached hydrogens (primary N) is 1. The summed E-state index contributed by atoms with van der Waals surface area (Å²) in [6.45, 7) is 2.61. The quantitative estimate of drug-likeness (QED) is 0.566. The van der Waals surface area contributed by atoms with E-state index in [1.807, 2.05) is 31.2 Å². The van der Waals surface area contributed by atoms with Gasteiger partial charge >= 0.3 is 0 Å². The van der Waals surface area contributed by atoms with Gasteiger partial charge in [-0.1, -0.05) is 25.1 Å². The molecule has 0 spiro atoms. The second-order valence-electron chi connectivity index (χ2n) is 3.99. The van der Waals surface area contributed by atoms with Crippen LogP contribution in [0.1, 0.15) is 23.8 Å². The van der Waals surface area contributed by atoms with Gasteiger partial charge in [-0.3, -0.25) is 15.1 Å². The van der Waals surface area contributed by atoms with Crippen LogP contribution >= 0.6 is 0 Å². The Hall–Kier alpha value is -2.30. The van der Waals surface area contributed by atoms with E-state index in [0.717, 1.165) is 17.3 Å². The van der Waals surface area contributed by atoms with Gasteiger partial charge in [0.25, 0.3) is 5.91 Å². The van der Waals surface area contributed by atoms with Crippen LogP contribution in [0, 0.1) is 0 Å². The van der Waals surface area contributed by atoms with Gasteiger partial charge in [0.05, 0.1) is 0 Å². The lowest BCUT2D eigenvalue weighted by Crippen LogP contribution is -2.37. The average molecular weight is 244 g/mol. The highest BCUT2D eigenvalue weighted by molar-refractivity contribution is 6.06. The van der Waals surface area contributed by atoms with Crippen molar-refractivity contribution in [3.8, 4) is 0 Å². The van der Waals surface area contributed by atoms with Crippen molar-refractivity contribution in [3.63, 3.8) is 0 Å². The van der Waals surface area contributed by atoms with Gasteiger partial charge in [-0.25, -0.2) is 0 Å². The van der Waals surface area contributed by atoms with Gasteiger partial charge in [0.15, 0.2) is 5.96 Å². The number of rotatable bonds is 3. The van der Waals surface area contributed by atoms with Crippen LogP contribution < -0.4 is 11.1 Å². The molecule has 5 heteroatoms. The van der Waals surface area contributed by atoms with E-state index in [9.17, 15) is 4.79 Å². The molecule has 1 aromatic carbocycles. The lowest BCUT2D eigenvalue weighted by Gasteiger charge is -2.01. The number of aliphatic imine (C=N–C) groups is 1. The monoisotopic (exact) mass is 244 g/mol. The van der Waals surface area contributed by atoms with E-state index >= 15 is 0 Å². The van der Waals surface area contributed by atoms with E-state index in [2.05, 4.69) is 15.3 Å². The molecule has 0 saturated heterocycles. The highest BCUT2D eigenvalue weighted by atomic mass is 16.2. The van der Waals surface area contributed by atoms with Crippen molar-refractivity contribution in [1.82, 2.24) is 10.3 Å². The number of benzene rings is 1. The molecular weight excluding hydrogens is 228 g/mol. The summed E-state index contributed by atoms with van der Waals surface area (Å²) >= 11 is 0. The van der Waals surface area contributed by atoms with Crippen LogP contribution in [0.4, 0.5) is 0 Å². The number of hydrogen-bond acceptors (Lipinski definition) is 2. The molecule has 0 bridgehead atoms. The Morgan fingerprint density at radius 2 is 2.22 bits per heavy atom. The zero-order chi connectivity index (χ0) is 13.0. The molecule has 4 N–H and O–H groups in total. The van der Waals surface area contributed by atoms with Crippen molar-refractivity contribution in [2.75, 3.05) is 6.54 Å². The molecule has 0 unspecified atom stereocenters. The molecule has 5 nitrogen and oxygen atoms in total. The maximum absolute atomic E-state index is 11.9. The van der Waals surface area contributed by atoms with E-state index in [-0.39, 0.29) is 11.9 Å². The Labute approximate surface area is 105 Å². The molecular formula is C13H16N4O. The third kappa shape index (κ3) is 2.68. The van der Waals surface area contributed by atoms with Gasteiger partial charge < -0.3 is 10.7 Å². The molecule has 0 aliphatic rings. The number of fused-ring (bicyclic) bond motifs is 1. The Morgan fingerprint density at radius 1 is 1.44 bits per heavy atom. The number of hydrogen-bond donors (Lipinski definition) is 3. The maximum Gasteiger partial charge on any atom is 0.274 e. The lowest BCUT2D eigenvalue weighted by atomic mass is 10.2. The van der Waals surface area contributed by atoms with E-state index < -0.39 is 0 Å². The van der Waals surface area contributed by atoms with Crippen LogP contribution in [0.3, 0.4) is 0 Å². The van der Waals surface area contributed by atoms with E-state index in [0.29, 0.717) is 12.2 Å². The Bertz CT molecular complexity index is 552. The highest BCUT2D eigenvalue weighted by Crippen LogP contribution is 2.14. The molecule has 1 heterocycles. The molecule has 0 fully saturated rings. The SMILES string of the molecule is CCCN=C(N)NC(=O)c1cc2ccccc2[nH]1. The number of carbonyl (C=O) groups is 1. The standard InChI is InChI=1S/C13H16N4O/c1-2-7-15-13(14)17-12(18)11-8-9-5-3-4-6-10(9)16-11/h3-6,8,16H,2,7H2,1H3,(H3,14,15,17,18). The number of nitrogens with one attached hydrogen (secondary N) is 2. The van der Waals surface area contributed by atoms with Gasteiger partial charge in [-0.05, 0) is 18.6 Å². The van der Waals surface area contributed by atoms with Crippen molar-refractivity contribution in [2.45, 2.75) is 13.3 Å². The molecule has 1 amide bonds. The van der Waals surface area contributed by atoms with Crippen LogP contribution in [-0.4, -0.2) is 23.4 Å². The van der Waals surface area contributed by atoms with Crippen molar-refractivity contribution in [3.05, 3.63) is 36.0 Å². The molecule has 0 saturated carbocycles. The summed E-state index contributed by atoms with van der Waals surface area (Å²) in [5.74, 6) is -0.121. The molecule has 0 aliphatic heterocycles. The van der Waals surface area contributed by atoms with Gasteiger partial charge in [0.2, 0.25) is 0 Å². The third-order valence-electron chi connectivity index (χ3n) is 2.52. The minimum Gasteiger partial charge on any atom is -0.370 e.